The number of rotatable bonds is 13. The highest BCUT2D eigenvalue weighted by atomic mass is 16.5. The number of aromatic nitrogens is 4. The lowest BCUT2D eigenvalue weighted by Crippen LogP contribution is -2.44. The molecule has 15 heteroatoms. The van der Waals surface area contributed by atoms with Gasteiger partial charge in [-0.25, -0.2) is 14.5 Å². The number of hydrogen-bond acceptors (Lipinski definition) is 11. The fourth-order valence-corrected chi connectivity index (χ4v) is 6.67. The van der Waals surface area contributed by atoms with Crippen molar-refractivity contribution >= 4 is 45.9 Å². The van der Waals surface area contributed by atoms with Crippen molar-refractivity contribution in [2.45, 2.75) is 12.3 Å². The van der Waals surface area contributed by atoms with E-state index in [1.807, 2.05) is 60.7 Å². The SMILES string of the molecule is COc1ccc(-n2nc(C3(C)COC3)cc2NC(=O)Nc2ccc(Oc3ccnc(Nc4cccc(C(=O)NCCN5CCOCC5)c4)n3)c3ccccc23)cc1. The van der Waals surface area contributed by atoms with Crippen LogP contribution in [0.3, 0.4) is 0 Å². The number of carbonyl (C=O) groups is 2. The summed E-state index contributed by atoms with van der Waals surface area (Å²) in [7, 11) is 1.61. The Morgan fingerprint density at radius 3 is 2.46 bits per heavy atom. The minimum atomic E-state index is -0.439. The van der Waals surface area contributed by atoms with E-state index in [0.29, 0.717) is 65.8 Å². The van der Waals surface area contributed by atoms with E-state index in [1.165, 1.54) is 0 Å². The highest BCUT2D eigenvalue weighted by molar-refractivity contribution is 6.07. The molecule has 2 fully saturated rings. The second-order valence-electron chi connectivity index (χ2n) is 14.1. The molecular formula is C42H43N9O6. The van der Waals surface area contributed by atoms with Gasteiger partial charge in [-0.05, 0) is 61.5 Å². The third-order valence-corrected chi connectivity index (χ3v) is 9.90. The number of urea groups is 1. The summed E-state index contributed by atoms with van der Waals surface area (Å²) >= 11 is 0. The first-order valence-electron chi connectivity index (χ1n) is 18.7. The van der Waals surface area contributed by atoms with Gasteiger partial charge in [-0.3, -0.25) is 15.0 Å². The van der Waals surface area contributed by atoms with E-state index in [4.69, 9.17) is 24.0 Å². The predicted octanol–water partition coefficient (Wildman–Crippen LogP) is 6.35. The lowest BCUT2D eigenvalue weighted by Gasteiger charge is -2.36. The van der Waals surface area contributed by atoms with Crippen LogP contribution in [0.2, 0.25) is 0 Å². The second-order valence-corrected chi connectivity index (χ2v) is 14.1. The maximum Gasteiger partial charge on any atom is 0.324 e. The molecule has 0 saturated carbocycles. The molecule has 2 aromatic heterocycles. The molecule has 0 aliphatic carbocycles. The van der Waals surface area contributed by atoms with Crippen LogP contribution < -0.4 is 30.7 Å². The van der Waals surface area contributed by atoms with Gasteiger partial charge >= 0.3 is 6.03 Å². The van der Waals surface area contributed by atoms with Crippen molar-refractivity contribution in [3.63, 3.8) is 0 Å². The quantitative estimate of drug-likeness (QED) is 0.103. The average molecular weight is 770 g/mol. The van der Waals surface area contributed by atoms with Gasteiger partial charge in [0.15, 0.2) is 0 Å². The van der Waals surface area contributed by atoms with Crippen molar-refractivity contribution in [1.82, 2.24) is 30.0 Å². The van der Waals surface area contributed by atoms with Crippen LogP contribution in [0.4, 0.5) is 27.9 Å². The van der Waals surface area contributed by atoms with E-state index < -0.39 is 6.03 Å². The number of benzene rings is 4. The highest BCUT2D eigenvalue weighted by Crippen LogP contribution is 2.36. The Hall–Kier alpha value is -6.55. The molecule has 15 nitrogen and oxygen atoms in total. The molecule has 4 aromatic carbocycles. The Labute approximate surface area is 329 Å². The Kier molecular flexibility index (Phi) is 10.9. The molecule has 0 atom stereocenters. The molecule has 0 unspecified atom stereocenters. The van der Waals surface area contributed by atoms with E-state index in [-0.39, 0.29) is 11.3 Å². The standard InChI is InChI=1S/C42H43N9O6/c1-42(26-56-27-42)36-25-37(51(49-36)30-10-12-31(54-2)13-11-30)47-41(53)46-34-14-15-35(33-9-4-3-8-32(33)34)57-38-16-17-44-40(48-38)45-29-7-5-6-28(24-29)39(52)43-18-19-50-20-22-55-23-21-50/h3-17,24-25H,18-23,26-27H2,1-2H3,(H,43,52)(H,44,45,48)(H2,46,47,53). The van der Waals surface area contributed by atoms with Crippen molar-refractivity contribution in [2.75, 3.05) is 75.7 Å². The van der Waals surface area contributed by atoms with Crippen molar-refractivity contribution < 1.29 is 28.5 Å². The van der Waals surface area contributed by atoms with Gasteiger partial charge in [0.05, 0.1) is 56.0 Å². The summed E-state index contributed by atoms with van der Waals surface area (Å²) in [6.45, 7) is 7.69. The zero-order chi connectivity index (χ0) is 39.2. The summed E-state index contributed by atoms with van der Waals surface area (Å²) in [6, 6.07) is 28.9. The van der Waals surface area contributed by atoms with Crippen LogP contribution in [0.15, 0.2) is 103 Å². The third-order valence-electron chi connectivity index (χ3n) is 9.90. The summed E-state index contributed by atoms with van der Waals surface area (Å²) in [6.07, 6.45) is 1.59. The van der Waals surface area contributed by atoms with E-state index in [2.05, 4.69) is 43.1 Å². The summed E-state index contributed by atoms with van der Waals surface area (Å²) in [5, 5.41) is 18.6. The van der Waals surface area contributed by atoms with Gasteiger partial charge in [-0.2, -0.15) is 10.1 Å². The van der Waals surface area contributed by atoms with Crippen molar-refractivity contribution in [3.05, 3.63) is 115 Å². The minimum Gasteiger partial charge on any atom is -0.497 e. The number of methoxy groups -OCH3 is 1. The molecule has 0 spiro atoms. The number of amides is 3. The van der Waals surface area contributed by atoms with Crippen LogP contribution in [0.1, 0.15) is 23.0 Å². The van der Waals surface area contributed by atoms with E-state index >= 15 is 0 Å². The summed E-state index contributed by atoms with van der Waals surface area (Å²) in [5.41, 5.74) is 3.10. The maximum atomic E-state index is 13.6. The number of morpholine rings is 1. The smallest absolute Gasteiger partial charge is 0.324 e. The lowest BCUT2D eigenvalue weighted by atomic mass is 9.85. The summed E-state index contributed by atoms with van der Waals surface area (Å²) in [5.74, 6) is 2.21. The van der Waals surface area contributed by atoms with Gasteiger partial charge in [0.2, 0.25) is 11.8 Å². The lowest BCUT2D eigenvalue weighted by molar-refractivity contribution is -0.0522. The van der Waals surface area contributed by atoms with Gasteiger partial charge < -0.3 is 34.9 Å². The van der Waals surface area contributed by atoms with Crippen LogP contribution >= 0.6 is 0 Å². The molecule has 2 saturated heterocycles. The van der Waals surface area contributed by atoms with E-state index in [0.717, 1.165) is 55.0 Å². The third kappa shape index (κ3) is 8.65. The van der Waals surface area contributed by atoms with Crippen LogP contribution in [0.5, 0.6) is 17.4 Å². The fourth-order valence-electron chi connectivity index (χ4n) is 6.67. The Bertz CT molecular complexity index is 2370. The van der Waals surface area contributed by atoms with Crippen molar-refractivity contribution in [3.8, 4) is 23.1 Å². The highest BCUT2D eigenvalue weighted by Gasteiger charge is 2.38. The molecule has 4 heterocycles. The van der Waals surface area contributed by atoms with Gasteiger partial charge in [0, 0.05) is 66.5 Å². The van der Waals surface area contributed by atoms with Crippen LogP contribution in [0.25, 0.3) is 16.5 Å². The maximum absolute atomic E-state index is 13.6. The molecule has 0 bridgehead atoms. The van der Waals surface area contributed by atoms with Crippen molar-refractivity contribution in [1.29, 1.82) is 0 Å². The summed E-state index contributed by atoms with van der Waals surface area (Å²) < 4.78 is 24.2. The van der Waals surface area contributed by atoms with Crippen LogP contribution in [-0.4, -0.2) is 96.3 Å². The zero-order valence-electron chi connectivity index (χ0n) is 31.7. The predicted molar refractivity (Wildman–Crippen MR) is 216 cm³/mol. The summed E-state index contributed by atoms with van der Waals surface area (Å²) in [4.78, 5) is 37.7. The topological polar surface area (TPSA) is 166 Å². The van der Waals surface area contributed by atoms with E-state index in [9.17, 15) is 9.59 Å². The second kappa shape index (κ2) is 16.7. The first-order valence-corrected chi connectivity index (χ1v) is 18.7. The fraction of sp³-hybridized carbons (Fsp3) is 0.262. The Balaban J connectivity index is 0.943. The monoisotopic (exact) mass is 769 g/mol. The first-order chi connectivity index (χ1) is 27.8. The molecule has 2 aliphatic rings. The van der Waals surface area contributed by atoms with Crippen LogP contribution in [0, 0.1) is 0 Å². The van der Waals surface area contributed by atoms with Gasteiger partial charge in [0.1, 0.15) is 17.3 Å². The largest absolute Gasteiger partial charge is 0.497 e. The molecule has 292 valence electrons. The molecule has 4 N–H and O–H groups in total. The molecule has 6 aromatic rings. The number of nitrogens with one attached hydrogen (secondary N) is 4. The normalized spacial score (nSPS) is 15.0. The molecule has 0 radical (unpaired) electrons. The number of carbonyl (C=O) groups excluding carboxylic acids is 2. The zero-order valence-corrected chi connectivity index (χ0v) is 31.7. The Morgan fingerprint density at radius 1 is 0.877 bits per heavy atom. The van der Waals surface area contributed by atoms with Gasteiger partial charge in [0.25, 0.3) is 5.91 Å². The molecular weight excluding hydrogens is 727 g/mol. The first kappa shape index (κ1) is 37.4. The van der Waals surface area contributed by atoms with Gasteiger partial charge in [-0.1, -0.05) is 30.3 Å². The van der Waals surface area contributed by atoms with E-state index in [1.54, 1.807) is 54.4 Å². The Morgan fingerprint density at radius 2 is 1.68 bits per heavy atom. The van der Waals surface area contributed by atoms with Crippen LogP contribution in [-0.2, 0) is 14.9 Å². The minimum absolute atomic E-state index is 0.157. The molecule has 8 rings (SSSR count). The molecule has 57 heavy (non-hydrogen) atoms. The number of ether oxygens (including phenoxy) is 4. The van der Waals surface area contributed by atoms with Crippen molar-refractivity contribution in [2.24, 2.45) is 0 Å². The number of hydrogen-bond donors (Lipinski definition) is 4. The number of nitrogens with zero attached hydrogens (tertiary/aromatic N) is 5. The van der Waals surface area contributed by atoms with Gasteiger partial charge in [-0.15, -0.1) is 0 Å². The number of fused-ring (bicyclic) bond motifs is 1. The molecule has 3 amide bonds. The average Bonchev–Trinajstić information content (AvgIpc) is 3.65. The number of anilines is 4. The molecule has 2 aliphatic heterocycles.